The van der Waals surface area contributed by atoms with Crippen molar-refractivity contribution in [2.75, 3.05) is 0 Å². The number of nitrogens with one attached hydrogen (secondary N) is 1. The average molecular weight is 323 g/mol. The fourth-order valence-electron chi connectivity index (χ4n) is 3.14. The Labute approximate surface area is 144 Å². The number of fused-ring (bicyclic) bond motifs is 1. The number of hydrogen-bond donors (Lipinski definition) is 1. The van der Waals surface area contributed by atoms with Crippen molar-refractivity contribution in [2.24, 2.45) is 0 Å². The molecule has 0 spiro atoms. The molecule has 0 saturated heterocycles. The van der Waals surface area contributed by atoms with Gasteiger partial charge in [-0.2, -0.15) is 0 Å². The van der Waals surface area contributed by atoms with Crippen LogP contribution >= 0.6 is 0 Å². The third-order valence-corrected chi connectivity index (χ3v) is 4.61. The first kappa shape index (κ1) is 16.6. The highest BCUT2D eigenvalue weighted by molar-refractivity contribution is 5.80. The van der Waals surface area contributed by atoms with E-state index in [0.29, 0.717) is 6.54 Å². The lowest BCUT2D eigenvalue weighted by Gasteiger charge is -2.22. The highest BCUT2D eigenvalue weighted by atomic mass is 16.5. The van der Waals surface area contributed by atoms with E-state index < -0.39 is 6.10 Å². The molecule has 0 fully saturated rings. The normalized spacial score (nSPS) is 14.6. The lowest BCUT2D eigenvalue weighted by atomic mass is 9.91. The summed E-state index contributed by atoms with van der Waals surface area (Å²) in [6.45, 7) is 4.39. The molecule has 0 aromatic heterocycles. The van der Waals surface area contributed by atoms with Gasteiger partial charge in [0.15, 0.2) is 6.10 Å². The van der Waals surface area contributed by atoms with E-state index in [2.05, 4.69) is 30.4 Å². The van der Waals surface area contributed by atoms with Crippen molar-refractivity contribution >= 4 is 5.91 Å². The molecule has 1 atom stereocenters. The molecule has 24 heavy (non-hydrogen) atoms. The molecule has 1 aliphatic rings. The predicted octanol–water partition coefficient (Wildman–Crippen LogP) is 3.96. The highest BCUT2D eigenvalue weighted by Gasteiger charge is 2.19. The average Bonchev–Trinajstić information content (AvgIpc) is 2.61. The second-order valence-corrected chi connectivity index (χ2v) is 6.56. The van der Waals surface area contributed by atoms with Crippen LogP contribution in [0.2, 0.25) is 0 Å². The van der Waals surface area contributed by atoms with Crippen molar-refractivity contribution in [3.63, 3.8) is 0 Å². The Kier molecular flexibility index (Phi) is 5.19. The Hall–Kier alpha value is -2.29. The van der Waals surface area contributed by atoms with Gasteiger partial charge >= 0.3 is 0 Å². The van der Waals surface area contributed by atoms with Crippen molar-refractivity contribution in [1.29, 1.82) is 0 Å². The lowest BCUT2D eigenvalue weighted by Crippen LogP contribution is -2.36. The molecule has 0 saturated carbocycles. The maximum Gasteiger partial charge on any atom is 0.261 e. The molecule has 3 nitrogen and oxygen atoms in total. The molecule has 1 aliphatic carbocycles. The maximum atomic E-state index is 12.3. The van der Waals surface area contributed by atoms with Crippen molar-refractivity contribution in [2.45, 2.75) is 52.2 Å². The molecule has 3 rings (SSSR count). The fraction of sp³-hybridized carbons (Fsp3) is 0.381. The first-order valence-electron chi connectivity index (χ1n) is 8.74. The van der Waals surface area contributed by atoms with Crippen LogP contribution in [-0.4, -0.2) is 12.0 Å². The first-order chi connectivity index (χ1) is 11.6. The van der Waals surface area contributed by atoms with E-state index in [4.69, 9.17) is 4.74 Å². The third-order valence-electron chi connectivity index (χ3n) is 4.61. The van der Waals surface area contributed by atoms with E-state index in [0.717, 1.165) is 24.2 Å². The molecule has 0 radical (unpaired) electrons. The third kappa shape index (κ3) is 3.97. The summed E-state index contributed by atoms with van der Waals surface area (Å²) in [6, 6.07) is 14.4. The van der Waals surface area contributed by atoms with Crippen LogP contribution in [0.4, 0.5) is 0 Å². The van der Waals surface area contributed by atoms with Gasteiger partial charge in [0.05, 0.1) is 0 Å². The molecule has 1 amide bonds. The molecule has 2 aromatic rings. The zero-order chi connectivity index (χ0) is 16.9. The summed E-state index contributed by atoms with van der Waals surface area (Å²) in [5, 5.41) is 2.95. The van der Waals surface area contributed by atoms with Crippen molar-refractivity contribution < 1.29 is 9.53 Å². The molecule has 3 heteroatoms. The summed E-state index contributed by atoms with van der Waals surface area (Å²) < 4.78 is 5.97. The molecule has 1 unspecified atom stereocenters. The highest BCUT2D eigenvalue weighted by Crippen LogP contribution is 2.30. The van der Waals surface area contributed by atoms with Gasteiger partial charge in [-0.05, 0) is 62.3 Å². The number of amides is 1. The van der Waals surface area contributed by atoms with Crippen LogP contribution in [0.3, 0.4) is 0 Å². The van der Waals surface area contributed by atoms with Crippen LogP contribution in [0.1, 0.15) is 42.0 Å². The smallest absolute Gasteiger partial charge is 0.261 e. The van der Waals surface area contributed by atoms with E-state index in [9.17, 15) is 4.79 Å². The van der Waals surface area contributed by atoms with Crippen molar-refractivity contribution in [3.8, 4) is 5.75 Å². The Morgan fingerprint density at radius 2 is 1.88 bits per heavy atom. The molecule has 0 heterocycles. The van der Waals surface area contributed by atoms with Gasteiger partial charge in [-0.15, -0.1) is 0 Å². The van der Waals surface area contributed by atoms with E-state index in [-0.39, 0.29) is 5.91 Å². The summed E-state index contributed by atoms with van der Waals surface area (Å²) in [7, 11) is 0. The number of carbonyl (C=O) groups excluding carboxylic acids is 1. The number of ether oxygens (including phenoxy) is 1. The molecule has 1 N–H and O–H groups in total. The molecule has 0 aliphatic heterocycles. The number of benzene rings is 2. The number of aryl methyl sites for hydroxylation is 2. The van der Waals surface area contributed by atoms with Crippen molar-refractivity contribution in [1.82, 2.24) is 5.32 Å². The maximum absolute atomic E-state index is 12.3. The topological polar surface area (TPSA) is 38.3 Å². The van der Waals surface area contributed by atoms with Crippen LogP contribution in [0, 0.1) is 6.92 Å². The quantitative estimate of drug-likeness (QED) is 0.904. The zero-order valence-electron chi connectivity index (χ0n) is 14.5. The summed E-state index contributed by atoms with van der Waals surface area (Å²) in [4.78, 5) is 12.3. The second kappa shape index (κ2) is 7.52. The van der Waals surface area contributed by atoms with Crippen LogP contribution in [0.15, 0.2) is 42.5 Å². The number of rotatable bonds is 5. The van der Waals surface area contributed by atoms with E-state index in [1.54, 1.807) is 0 Å². The van der Waals surface area contributed by atoms with Gasteiger partial charge in [-0.25, -0.2) is 0 Å². The van der Waals surface area contributed by atoms with Gasteiger partial charge < -0.3 is 10.1 Å². The molecule has 0 bridgehead atoms. The van der Waals surface area contributed by atoms with E-state index in [1.807, 2.05) is 31.2 Å². The number of carbonyl (C=O) groups is 1. The molecule has 2 aromatic carbocycles. The van der Waals surface area contributed by atoms with Gasteiger partial charge in [-0.3, -0.25) is 4.79 Å². The SMILES string of the molecule is Cc1ccc(CNC(=O)C(C)Oc2cccc3c2CCCC3)cc1. The molecule has 126 valence electrons. The fourth-order valence-corrected chi connectivity index (χ4v) is 3.14. The van der Waals surface area contributed by atoms with Crippen LogP contribution in [0.5, 0.6) is 5.75 Å². The van der Waals surface area contributed by atoms with Gasteiger partial charge in [-0.1, -0.05) is 42.0 Å². The largest absolute Gasteiger partial charge is 0.481 e. The van der Waals surface area contributed by atoms with E-state index in [1.165, 1.54) is 29.5 Å². The zero-order valence-corrected chi connectivity index (χ0v) is 14.5. The van der Waals surface area contributed by atoms with Gasteiger partial charge in [0.2, 0.25) is 0 Å². The second-order valence-electron chi connectivity index (χ2n) is 6.56. The summed E-state index contributed by atoms with van der Waals surface area (Å²) in [6.07, 6.45) is 4.10. The Morgan fingerprint density at radius 3 is 2.67 bits per heavy atom. The predicted molar refractivity (Wildman–Crippen MR) is 96.2 cm³/mol. The van der Waals surface area contributed by atoms with Crippen LogP contribution in [0.25, 0.3) is 0 Å². The summed E-state index contributed by atoms with van der Waals surface area (Å²) >= 11 is 0. The molecular formula is C21H25NO2. The van der Waals surface area contributed by atoms with Gasteiger partial charge in [0.25, 0.3) is 5.91 Å². The monoisotopic (exact) mass is 323 g/mol. The lowest BCUT2D eigenvalue weighted by molar-refractivity contribution is -0.127. The van der Waals surface area contributed by atoms with E-state index >= 15 is 0 Å². The Balaban J connectivity index is 1.59. The first-order valence-corrected chi connectivity index (χ1v) is 8.74. The summed E-state index contributed by atoms with van der Waals surface area (Å²) in [5.41, 5.74) is 4.96. The Morgan fingerprint density at radius 1 is 1.12 bits per heavy atom. The minimum atomic E-state index is -0.496. The summed E-state index contributed by atoms with van der Waals surface area (Å²) in [5.74, 6) is 0.786. The van der Waals surface area contributed by atoms with Crippen molar-refractivity contribution in [3.05, 3.63) is 64.7 Å². The molecular weight excluding hydrogens is 298 g/mol. The Bertz CT molecular complexity index is 706. The standard InChI is InChI=1S/C21H25NO2/c1-15-10-12-17(13-11-15)14-22-21(23)16(2)24-20-9-5-7-18-6-3-4-8-19(18)20/h5,7,9-13,16H,3-4,6,8,14H2,1-2H3,(H,22,23). The minimum Gasteiger partial charge on any atom is -0.481 e. The van der Waals surface area contributed by atoms with Crippen LogP contribution in [-0.2, 0) is 24.2 Å². The van der Waals surface area contributed by atoms with Crippen LogP contribution < -0.4 is 10.1 Å². The van der Waals surface area contributed by atoms with Gasteiger partial charge in [0.1, 0.15) is 5.75 Å². The number of hydrogen-bond acceptors (Lipinski definition) is 2. The minimum absolute atomic E-state index is 0.0796. The van der Waals surface area contributed by atoms with Gasteiger partial charge in [0, 0.05) is 6.54 Å².